The molecule has 0 aromatic heterocycles. The molecule has 2 aromatic carbocycles. The summed E-state index contributed by atoms with van der Waals surface area (Å²) in [6, 6.07) is 16.2. The molecule has 3 rings (SSSR count). The van der Waals surface area contributed by atoms with Crippen molar-refractivity contribution in [1.29, 1.82) is 0 Å². The van der Waals surface area contributed by atoms with Gasteiger partial charge in [0.15, 0.2) is 5.96 Å². The first-order chi connectivity index (χ1) is 13.6. The third kappa shape index (κ3) is 6.50. The molecule has 1 aliphatic heterocycles. The highest BCUT2D eigenvalue weighted by Gasteiger charge is 2.21. The van der Waals surface area contributed by atoms with Crippen LogP contribution >= 0.6 is 24.0 Å². The second-order valence-corrected chi connectivity index (χ2v) is 7.42. The number of anilines is 1. The lowest BCUT2D eigenvalue weighted by molar-refractivity contribution is 0.369. The Hall–Kier alpha value is -2.00. The van der Waals surface area contributed by atoms with E-state index in [0.29, 0.717) is 5.75 Å². The molecule has 2 aromatic rings. The number of hydrogen-bond donors (Lipinski definition) is 2. The van der Waals surface area contributed by atoms with Crippen LogP contribution in [0.4, 0.5) is 5.69 Å². The number of benzene rings is 2. The molecule has 0 unspecified atom stereocenters. The van der Waals surface area contributed by atoms with Gasteiger partial charge >= 0.3 is 0 Å². The smallest absolute Gasteiger partial charge is 0.194 e. The molecule has 1 heterocycles. The Morgan fingerprint density at radius 1 is 1.03 bits per heavy atom. The van der Waals surface area contributed by atoms with E-state index in [-0.39, 0.29) is 24.0 Å². The van der Waals surface area contributed by atoms with Crippen molar-refractivity contribution in [2.45, 2.75) is 13.1 Å². The molecule has 0 aliphatic carbocycles. The number of aromatic hydroxyl groups is 1. The van der Waals surface area contributed by atoms with Crippen LogP contribution in [0, 0.1) is 0 Å². The molecule has 1 saturated heterocycles. The predicted octanol–water partition coefficient (Wildman–Crippen LogP) is 2.97. The second kappa shape index (κ2) is 11.3. The number of aliphatic imine (C=N–C) groups is 1. The number of guanidine groups is 1. The number of hydrogen-bond acceptors (Lipinski definition) is 4. The second-order valence-electron chi connectivity index (χ2n) is 7.42. The summed E-state index contributed by atoms with van der Waals surface area (Å²) in [5, 5.41) is 13.6. The highest BCUT2D eigenvalue weighted by Crippen LogP contribution is 2.27. The molecule has 0 amide bonds. The van der Waals surface area contributed by atoms with Crippen LogP contribution in [0.25, 0.3) is 0 Å². The molecule has 0 saturated carbocycles. The van der Waals surface area contributed by atoms with Crippen molar-refractivity contribution in [2.24, 2.45) is 4.99 Å². The van der Waals surface area contributed by atoms with Gasteiger partial charge in [-0.3, -0.25) is 4.99 Å². The summed E-state index contributed by atoms with van der Waals surface area (Å²) in [7, 11) is 6.00. The Kier molecular flexibility index (Phi) is 9.03. The fourth-order valence-corrected chi connectivity index (χ4v) is 3.61. The molecule has 1 aliphatic rings. The van der Waals surface area contributed by atoms with Crippen LogP contribution in [0.3, 0.4) is 0 Å². The summed E-state index contributed by atoms with van der Waals surface area (Å²) in [6.07, 6.45) is 0. The Morgan fingerprint density at radius 3 is 2.38 bits per heavy atom. The Morgan fingerprint density at radius 2 is 1.72 bits per heavy atom. The van der Waals surface area contributed by atoms with E-state index in [1.165, 1.54) is 11.1 Å². The van der Waals surface area contributed by atoms with Gasteiger partial charge in [0, 0.05) is 46.3 Å². The normalized spacial score (nSPS) is 14.7. The lowest BCUT2D eigenvalue weighted by Gasteiger charge is -2.37. The molecule has 0 atom stereocenters. The zero-order valence-corrected chi connectivity index (χ0v) is 19.8. The van der Waals surface area contributed by atoms with Gasteiger partial charge in [0.25, 0.3) is 0 Å². The first kappa shape index (κ1) is 23.3. The third-order valence-corrected chi connectivity index (χ3v) is 4.95. The van der Waals surface area contributed by atoms with Crippen LogP contribution in [-0.4, -0.2) is 68.2 Å². The van der Waals surface area contributed by atoms with E-state index in [1.807, 2.05) is 25.2 Å². The number of nitrogens with one attached hydrogen (secondary N) is 1. The van der Waals surface area contributed by atoms with Crippen LogP contribution in [0.15, 0.2) is 53.5 Å². The highest BCUT2D eigenvalue weighted by molar-refractivity contribution is 14.0. The Balaban J connectivity index is 0.00000300. The minimum atomic E-state index is 0. The third-order valence-electron chi connectivity index (χ3n) is 4.95. The van der Waals surface area contributed by atoms with E-state index in [0.717, 1.165) is 50.9 Å². The number of phenolic OH excluding ortho intramolecular Hbond substituents is 1. The van der Waals surface area contributed by atoms with E-state index in [4.69, 9.17) is 0 Å². The number of piperazine rings is 1. The molecule has 2 N–H and O–H groups in total. The minimum Gasteiger partial charge on any atom is -0.506 e. The van der Waals surface area contributed by atoms with Gasteiger partial charge in [-0.1, -0.05) is 36.4 Å². The van der Waals surface area contributed by atoms with Crippen LogP contribution in [0.2, 0.25) is 0 Å². The van der Waals surface area contributed by atoms with Crippen molar-refractivity contribution < 1.29 is 5.11 Å². The number of nitrogens with zero attached hydrogens (tertiary/aromatic N) is 4. The maximum absolute atomic E-state index is 10.1. The van der Waals surface area contributed by atoms with Crippen molar-refractivity contribution >= 4 is 35.6 Å². The van der Waals surface area contributed by atoms with E-state index < -0.39 is 0 Å². The summed E-state index contributed by atoms with van der Waals surface area (Å²) in [6.45, 7) is 5.15. The number of rotatable bonds is 5. The monoisotopic (exact) mass is 509 g/mol. The van der Waals surface area contributed by atoms with Crippen LogP contribution in [0.1, 0.15) is 11.1 Å². The van der Waals surface area contributed by atoms with Gasteiger partial charge in [-0.15, -0.1) is 24.0 Å². The average Bonchev–Trinajstić information content (AvgIpc) is 2.69. The van der Waals surface area contributed by atoms with E-state index in [9.17, 15) is 5.11 Å². The van der Waals surface area contributed by atoms with Gasteiger partial charge in [0.1, 0.15) is 5.75 Å². The van der Waals surface area contributed by atoms with E-state index in [1.54, 1.807) is 6.07 Å². The summed E-state index contributed by atoms with van der Waals surface area (Å²) in [5.74, 6) is 1.27. The number of phenols is 1. The number of para-hydroxylation sites is 2. The van der Waals surface area contributed by atoms with Gasteiger partial charge < -0.3 is 25.1 Å². The van der Waals surface area contributed by atoms with Crippen molar-refractivity contribution in [3.8, 4) is 5.75 Å². The standard InChI is InChI=1S/C22H31N5O.HI/c1-23-22(24-16-18-7-6-8-19(15-18)17-25(2)3)27-13-11-26(12-14-27)20-9-4-5-10-21(20)28;/h4-10,15,28H,11-14,16-17H2,1-3H3,(H,23,24);1H. The molecule has 29 heavy (non-hydrogen) atoms. The van der Waals surface area contributed by atoms with Gasteiger partial charge in [0.2, 0.25) is 0 Å². The SMILES string of the molecule is CN=C(NCc1cccc(CN(C)C)c1)N1CCN(c2ccccc2O)CC1.I. The first-order valence-electron chi connectivity index (χ1n) is 9.78. The molecule has 158 valence electrons. The van der Waals surface area contributed by atoms with Crippen molar-refractivity contribution in [3.63, 3.8) is 0 Å². The lowest BCUT2D eigenvalue weighted by Crippen LogP contribution is -2.52. The van der Waals surface area contributed by atoms with E-state index >= 15 is 0 Å². The van der Waals surface area contributed by atoms with E-state index in [2.05, 4.69) is 63.4 Å². The molecule has 0 bridgehead atoms. The molecule has 0 spiro atoms. The Bertz CT molecular complexity index is 803. The van der Waals surface area contributed by atoms with Crippen molar-refractivity contribution in [3.05, 3.63) is 59.7 Å². The molecular weight excluding hydrogens is 477 g/mol. The van der Waals surface area contributed by atoms with Gasteiger partial charge in [-0.2, -0.15) is 0 Å². The van der Waals surface area contributed by atoms with Crippen molar-refractivity contribution in [1.82, 2.24) is 15.1 Å². The summed E-state index contributed by atoms with van der Waals surface area (Å²) in [5.41, 5.74) is 3.48. The summed E-state index contributed by atoms with van der Waals surface area (Å²) < 4.78 is 0. The largest absolute Gasteiger partial charge is 0.506 e. The summed E-state index contributed by atoms with van der Waals surface area (Å²) >= 11 is 0. The zero-order chi connectivity index (χ0) is 19.9. The lowest BCUT2D eigenvalue weighted by atomic mass is 10.1. The average molecular weight is 509 g/mol. The van der Waals surface area contributed by atoms with Crippen molar-refractivity contribution in [2.75, 3.05) is 52.2 Å². The van der Waals surface area contributed by atoms with Crippen LogP contribution in [-0.2, 0) is 13.1 Å². The molecule has 7 heteroatoms. The van der Waals surface area contributed by atoms with Crippen LogP contribution in [0.5, 0.6) is 5.75 Å². The number of halogens is 1. The molecular formula is C22H32IN5O. The maximum atomic E-state index is 10.1. The fourth-order valence-electron chi connectivity index (χ4n) is 3.61. The predicted molar refractivity (Wildman–Crippen MR) is 131 cm³/mol. The first-order valence-corrected chi connectivity index (χ1v) is 9.78. The zero-order valence-electron chi connectivity index (χ0n) is 17.5. The quantitative estimate of drug-likeness (QED) is 0.369. The fraction of sp³-hybridized carbons (Fsp3) is 0.409. The molecule has 6 nitrogen and oxygen atoms in total. The minimum absolute atomic E-state index is 0. The maximum Gasteiger partial charge on any atom is 0.194 e. The highest BCUT2D eigenvalue weighted by atomic mass is 127. The van der Waals surface area contributed by atoms with Gasteiger partial charge in [0.05, 0.1) is 5.69 Å². The van der Waals surface area contributed by atoms with Crippen LogP contribution < -0.4 is 10.2 Å². The molecule has 0 radical (unpaired) electrons. The van der Waals surface area contributed by atoms with Gasteiger partial charge in [-0.05, 0) is 37.4 Å². The Labute approximate surface area is 191 Å². The summed E-state index contributed by atoms with van der Waals surface area (Å²) in [4.78, 5) is 11.1. The van der Waals surface area contributed by atoms with Gasteiger partial charge in [-0.25, -0.2) is 0 Å². The molecule has 1 fully saturated rings. The topological polar surface area (TPSA) is 54.3 Å².